The molecule has 1 aliphatic rings. The molecule has 1 aromatic rings. The van der Waals surface area contributed by atoms with Crippen molar-refractivity contribution in [1.82, 2.24) is 9.62 Å². The number of nitrogens with zero attached hydrogens (tertiary/aromatic N) is 1. The summed E-state index contributed by atoms with van der Waals surface area (Å²) in [4.78, 5) is 0.0431. The van der Waals surface area contributed by atoms with Crippen molar-refractivity contribution in [3.8, 4) is 0 Å². The molecule has 0 radical (unpaired) electrons. The van der Waals surface area contributed by atoms with Crippen molar-refractivity contribution in [2.75, 3.05) is 26.8 Å². The van der Waals surface area contributed by atoms with Crippen LogP contribution in [-0.4, -0.2) is 45.6 Å². The van der Waals surface area contributed by atoms with Gasteiger partial charge in [-0.3, -0.25) is 0 Å². The molecule has 118 valence electrons. The molecule has 2 rings (SSSR count). The third kappa shape index (κ3) is 3.26. The second-order valence-corrected chi connectivity index (χ2v) is 7.13. The summed E-state index contributed by atoms with van der Waals surface area (Å²) < 4.78 is 46.3. The maximum Gasteiger partial charge on any atom is 0.243 e. The minimum atomic E-state index is -3.72. The van der Waals surface area contributed by atoms with Gasteiger partial charge < -0.3 is 10.1 Å². The zero-order chi connectivity index (χ0) is 15.6. The van der Waals surface area contributed by atoms with E-state index in [2.05, 4.69) is 5.32 Å². The Labute approximate surface area is 125 Å². The SMILES string of the molecule is CNCc1cc(F)c(C)c(S(=O)(=O)N2CCOCC2C)c1. The largest absolute Gasteiger partial charge is 0.378 e. The Balaban J connectivity index is 2.48. The summed E-state index contributed by atoms with van der Waals surface area (Å²) >= 11 is 0. The van der Waals surface area contributed by atoms with E-state index in [1.165, 1.54) is 17.3 Å². The third-order valence-electron chi connectivity index (χ3n) is 3.63. The molecule has 5 nitrogen and oxygen atoms in total. The zero-order valence-electron chi connectivity index (χ0n) is 12.5. The van der Waals surface area contributed by atoms with Gasteiger partial charge in [-0.05, 0) is 38.6 Å². The van der Waals surface area contributed by atoms with Crippen LogP contribution >= 0.6 is 0 Å². The van der Waals surface area contributed by atoms with Crippen molar-refractivity contribution >= 4 is 10.0 Å². The lowest BCUT2D eigenvalue weighted by atomic mass is 10.1. The van der Waals surface area contributed by atoms with E-state index in [-0.39, 0.29) is 16.5 Å². The Morgan fingerprint density at radius 1 is 1.48 bits per heavy atom. The molecule has 21 heavy (non-hydrogen) atoms. The average molecular weight is 316 g/mol. The van der Waals surface area contributed by atoms with Crippen molar-refractivity contribution in [3.05, 3.63) is 29.1 Å². The van der Waals surface area contributed by atoms with Gasteiger partial charge in [0, 0.05) is 24.7 Å². The molecular formula is C14H21FN2O3S. The molecule has 1 aliphatic heterocycles. The molecule has 1 N–H and O–H groups in total. The number of morpholine rings is 1. The van der Waals surface area contributed by atoms with Crippen LogP contribution in [0.2, 0.25) is 0 Å². The van der Waals surface area contributed by atoms with Crippen LogP contribution in [0.25, 0.3) is 0 Å². The first-order chi connectivity index (χ1) is 9.87. The number of nitrogens with one attached hydrogen (secondary N) is 1. The number of benzene rings is 1. The van der Waals surface area contributed by atoms with Gasteiger partial charge in [0.15, 0.2) is 0 Å². The van der Waals surface area contributed by atoms with Crippen molar-refractivity contribution in [2.45, 2.75) is 31.3 Å². The van der Waals surface area contributed by atoms with Gasteiger partial charge in [0.1, 0.15) is 5.82 Å². The van der Waals surface area contributed by atoms with Gasteiger partial charge in [0.05, 0.1) is 18.1 Å². The second-order valence-electron chi connectivity index (χ2n) is 5.27. The van der Waals surface area contributed by atoms with Crippen LogP contribution < -0.4 is 5.32 Å². The summed E-state index contributed by atoms with van der Waals surface area (Å²) in [5, 5.41) is 2.90. The fourth-order valence-electron chi connectivity index (χ4n) is 2.48. The number of ether oxygens (including phenoxy) is 1. The van der Waals surface area contributed by atoms with Gasteiger partial charge in [0.25, 0.3) is 0 Å². The van der Waals surface area contributed by atoms with E-state index in [1.807, 2.05) is 0 Å². The highest BCUT2D eigenvalue weighted by Gasteiger charge is 2.33. The first kappa shape index (κ1) is 16.4. The molecule has 0 spiro atoms. The smallest absolute Gasteiger partial charge is 0.243 e. The molecule has 0 amide bonds. The molecule has 0 bridgehead atoms. The molecule has 0 aromatic heterocycles. The van der Waals surface area contributed by atoms with E-state index >= 15 is 0 Å². The molecule has 1 unspecified atom stereocenters. The van der Waals surface area contributed by atoms with Crippen LogP contribution in [0.1, 0.15) is 18.1 Å². The van der Waals surface area contributed by atoms with Crippen molar-refractivity contribution < 1.29 is 17.5 Å². The van der Waals surface area contributed by atoms with Gasteiger partial charge in [-0.2, -0.15) is 4.31 Å². The minimum Gasteiger partial charge on any atom is -0.378 e. The lowest BCUT2D eigenvalue weighted by Crippen LogP contribution is -2.47. The number of rotatable bonds is 4. The Kier molecular flexibility index (Phi) is 4.98. The van der Waals surface area contributed by atoms with Crippen molar-refractivity contribution in [1.29, 1.82) is 0 Å². The number of sulfonamides is 1. The Bertz CT molecular complexity index is 619. The summed E-state index contributed by atoms with van der Waals surface area (Å²) in [7, 11) is -1.99. The quantitative estimate of drug-likeness (QED) is 0.909. The normalized spacial score (nSPS) is 20.7. The van der Waals surface area contributed by atoms with Crippen LogP contribution in [0.3, 0.4) is 0 Å². The van der Waals surface area contributed by atoms with E-state index in [9.17, 15) is 12.8 Å². The Hall–Kier alpha value is -1.02. The Morgan fingerprint density at radius 3 is 2.81 bits per heavy atom. The minimum absolute atomic E-state index is 0.0431. The lowest BCUT2D eigenvalue weighted by molar-refractivity contribution is 0.0392. The predicted octanol–water partition coefficient (Wildman–Crippen LogP) is 1.26. The summed E-state index contributed by atoms with van der Waals surface area (Å²) in [6.07, 6.45) is 0. The van der Waals surface area contributed by atoms with Crippen LogP contribution in [0.5, 0.6) is 0 Å². The van der Waals surface area contributed by atoms with Crippen LogP contribution in [0, 0.1) is 12.7 Å². The van der Waals surface area contributed by atoms with Gasteiger partial charge in [-0.15, -0.1) is 0 Å². The van der Waals surface area contributed by atoms with E-state index in [4.69, 9.17) is 4.74 Å². The standard InChI is InChI=1S/C14H21FN2O3S/c1-10-9-20-5-4-17(10)21(18,19)14-7-12(8-16-3)6-13(15)11(14)2/h6-7,10,16H,4-5,8-9H2,1-3H3. The van der Waals surface area contributed by atoms with Gasteiger partial charge in [-0.25, -0.2) is 12.8 Å². The van der Waals surface area contributed by atoms with Crippen LogP contribution in [0.15, 0.2) is 17.0 Å². The maximum absolute atomic E-state index is 14.0. The van der Waals surface area contributed by atoms with E-state index in [0.29, 0.717) is 31.9 Å². The maximum atomic E-state index is 14.0. The predicted molar refractivity (Wildman–Crippen MR) is 78.1 cm³/mol. The van der Waals surface area contributed by atoms with E-state index in [0.717, 1.165) is 0 Å². The third-order valence-corrected chi connectivity index (χ3v) is 5.77. The average Bonchev–Trinajstić information content (AvgIpc) is 2.43. The summed E-state index contributed by atoms with van der Waals surface area (Å²) in [5.41, 5.74) is 0.772. The summed E-state index contributed by atoms with van der Waals surface area (Å²) in [5.74, 6) is -0.498. The molecule has 1 heterocycles. The molecular weight excluding hydrogens is 295 g/mol. The fraction of sp³-hybridized carbons (Fsp3) is 0.571. The zero-order valence-corrected chi connectivity index (χ0v) is 13.3. The highest BCUT2D eigenvalue weighted by molar-refractivity contribution is 7.89. The molecule has 1 saturated heterocycles. The first-order valence-corrected chi connectivity index (χ1v) is 8.35. The van der Waals surface area contributed by atoms with Crippen LogP contribution in [-0.2, 0) is 21.3 Å². The highest BCUT2D eigenvalue weighted by Crippen LogP contribution is 2.26. The van der Waals surface area contributed by atoms with Crippen molar-refractivity contribution in [3.63, 3.8) is 0 Å². The summed E-state index contributed by atoms with van der Waals surface area (Å²) in [6, 6.07) is 2.67. The molecule has 1 atom stereocenters. The molecule has 1 aromatic carbocycles. The monoisotopic (exact) mass is 316 g/mol. The molecule has 1 fully saturated rings. The molecule has 0 aliphatic carbocycles. The number of hydrogen-bond donors (Lipinski definition) is 1. The lowest BCUT2D eigenvalue weighted by Gasteiger charge is -2.32. The first-order valence-electron chi connectivity index (χ1n) is 6.91. The van der Waals surface area contributed by atoms with E-state index in [1.54, 1.807) is 20.0 Å². The number of halogens is 1. The Morgan fingerprint density at radius 2 is 2.19 bits per heavy atom. The molecule has 0 saturated carbocycles. The highest BCUT2D eigenvalue weighted by atomic mass is 32.2. The fourth-order valence-corrected chi connectivity index (χ4v) is 4.36. The molecule has 7 heteroatoms. The topological polar surface area (TPSA) is 58.6 Å². The van der Waals surface area contributed by atoms with Gasteiger partial charge in [0.2, 0.25) is 10.0 Å². The number of hydrogen-bond acceptors (Lipinski definition) is 4. The second kappa shape index (κ2) is 6.39. The van der Waals surface area contributed by atoms with Gasteiger partial charge >= 0.3 is 0 Å². The summed E-state index contributed by atoms with van der Waals surface area (Å²) in [6.45, 7) is 4.72. The van der Waals surface area contributed by atoms with Crippen LogP contribution in [0.4, 0.5) is 4.39 Å². The van der Waals surface area contributed by atoms with Crippen molar-refractivity contribution in [2.24, 2.45) is 0 Å². The van der Waals surface area contributed by atoms with E-state index < -0.39 is 15.8 Å². The van der Waals surface area contributed by atoms with Gasteiger partial charge in [-0.1, -0.05) is 0 Å².